The third-order valence-corrected chi connectivity index (χ3v) is 10.2. The van der Waals surface area contributed by atoms with Crippen molar-refractivity contribution in [2.24, 2.45) is 5.41 Å². The summed E-state index contributed by atoms with van der Waals surface area (Å²) in [6, 6.07) is 11.2. The Balaban J connectivity index is 1.17. The lowest BCUT2D eigenvalue weighted by Crippen LogP contribution is -2.17. The number of benzene rings is 2. The number of halogens is 2. The molecule has 0 radical (unpaired) electrons. The quantitative estimate of drug-likeness (QED) is 0.268. The first-order valence-corrected chi connectivity index (χ1v) is 15.5. The molecule has 1 heterocycles. The van der Waals surface area contributed by atoms with Crippen LogP contribution in [0.2, 0.25) is 5.02 Å². The Morgan fingerprint density at radius 3 is 2.68 bits per heavy atom. The average Bonchev–Trinajstić information content (AvgIpc) is 3.45. The highest BCUT2D eigenvalue weighted by atomic mass is 35.5. The third-order valence-electron chi connectivity index (χ3n) is 7.51. The molecule has 0 saturated carbocycles. The van der Waals surface area contributed by atoms with Gasteiger partial charge < -0.3 is 4.74 Å². The predicted octanol–water partition coefficient (Wildman–Crippen LogP) is 7.15. The molecule has 0 amide bonds. The third kappa shape index (κ3) is 6.35. The maximum atomic E-state index is 13.2. The number of hydrogen-bond donors (Lipinski definition) is 0. The fraction of sp³-hybridized carbons (Fsp3) is 0.379. The second-order valence-electron chi connectivity index (χ2n) is 10.3. The molecule has 2 aliphatic carbocycles. The first kappa shape index (κ1) is 27.0. The Morgan fingerprint density at radius 2 is 1.89 bits per heavy atom. The summed E-state index contributed by atoms with van der Waals surface area (Å²) in [4.78, 5) is 4.87. The van der Waals surface area contributed by atoms with Gasteiger partial charge in [0.25, 0.3) is 0 Å². The van der Waals surface area contributed by atoms with E-state index in [1.807, 2.05) is 0 Å². The first-order valence-electron chi connectivity index (χ1n) is 12.7. The van der Waals surface area contributed by atoms with Crippen molar-refractivity contribution in [3.63, 3.8) is 0 Å². The van der Waals surface area contributed by atoms with Crippen LogP contribution in [-0.4, -0.2) is 30.6 Å². The fourth-order valence-corrected chi connectivity index (χ4v) is 8.12. The van der Waals surface area contributed by atoms with Crippen LogP contribution < -0.4 is 4.74 Å². The summed E-state index contributed by atoms with van der Waals surface area (Å²) < 4.78 is 49.4. The highest BCUT2D eigenvalue weighted by Crippen LogP contribution is 2.48. The minimum absolute atomic E-state index is 0.0122. The molecule has 0 fully saturated rings. The molecule has 1 spiro atoms. The van der Waals surface area contributed by atoms with E-state index in [9.17, 15) is 12.8 Å². The topological polar surface area (TPSA) is 69.2 Å². The van der Waals surface area contributed by atoms with Crippen molar-refractivity contribution in [2.75, 3.05) is 12.9 Å². The van der Waals surface area contributed by atoms with Crippen molar-refractivity contribution in [1.29, 1.82) is 0 Å². The van der Waals surface area contributed by atoms with E-state index in [1.165, 1.54) is 42.4 Å². The zero-order chi connectivity index (χ0) is 26.8. The van der Waals surface area contributed by atoms with Crippen LogP contribution in [0.1, 0.15) is 54.9 Å². The van der Waals surface area contributed by atoms with Crippen molar-refractivity contribution in [2.45, 2.75) is 56.3 Å². The Labute approximate surface area is 232 Å². The molecule has 0 aliphatic heterocycles. The van der Waals surface area contributed by atoms with Gasteiger partial charge >= 0.3 is 0 Å². The lowest BCUT2D eigenvalue weighted by atomic mass is 9.77. The van der Waals surface area contributed by atoms with Gasteiger partial charge in [0.15, 0.2) is 9.84 Å². The van der Waals surface area contributed by atoms with E-state index in [2.05, 4.69) is 16.5 Å². The van der Waals surface area contributed by atoms with Crippen molar-refractivity contribution < 1.29 is 17.5 Å². The molecule has 0 bridgehead atoms. The molecule has 0 saturated heterocycles. The molecule has 2 aliphatic rings. The van der Waals surface area contributed by atoms with E-state index in [0.717, 1.165) is 66.9 Å². The number of hydrogen-bond acceptors (Lipinski definition) is 6. The van der Waals surface area contributed by atoms with E-state index in [0.29, 0.717) is 17.2 Å². The number of nitrogens with zero attached hydrogens (tertiary/aromatic N) is 2. The molecule has 1 atom stereocenters. The highest BCUT2D eigenvalue weighted by Gasteiger charge is 2.36. The van der Waals surface area contributed by atoms with Gasteiger partial charge in [0, 0.05) is 17.9 Å². The maximum Gasteiger partial charge on any atom is 0.185 e. The standard InChI is InChI=1S/C29H30ClFN2O3S2/c1-36-25-9-6-23(30)17-26(25)38(34,35)19-21-3-2-12-29(13-10-21)14-11-22(18-29)16-28-32-27(33-37-28)15-20-4-7-24(31)8-5-20/h3-9,11,17H,2,10,12-16,18-19H2,1H3. The lowest BCUT2D eigenvalue weighted by molar-refractivity contribution is 0.264. The Bertz CT molecular complexity index is 1480. The Morgan fingerprint density at radius 1 is 1.08 bits per heavy atom. The van der Waals surface area contributed by atoms with Crippen LogP contribution in [-0.2, 0) is 22.7 Å². The lowest BCUT2D eigenvalue weighted by Gasteiger charge is -2.28. The van der Waals surface area contributed by atoms with Gasteiger partial charge in [-0.25, -0.2) is 17.8 Å². The summed E-state index contributed by atoms with van der Waals surface area (Å²) in [6.07, 6.45) is 11.5. The summed E-state index contributed by atoms with van der Waals surface area (Å²) in [6.45, 7) is 0. The minimum Gasteiger partial charge on any atom is -0.495 e. The van der Waals surface area contributed by atoms with Crippen molar-refractivity contribution in [3.8, 4) is 5.75 Å². The number of rotatable bonds is 8. The van der Waals surface area contributed by atoms with Crippen LogP contribution in [0.5, 0.6) is 5.75 Å². The van der Waals surface area contributed by atoms with Crippen molar-refractivity contribution in [3.05, 3.63) is 93.0 Å². The monoisotopic (exact) mass is 572 g/mol. The summed E-state index contributed by atoms with van der Waals surface area (Å²) in [5.41, 5.74) is 3.51. The minimum atomic E-state index is -3.57. The largest absolute Gasteiger partial charge is 0.495 e. The first-order chi connectivity index (χ1) is 18.2. The van der Waals surface area contributed by atoms with Crippen LogP contribution >= 0.6 is 23.1 Å². The molecule has 9 heteroatoms. The van der Waals surface area contributed by atoms with Crippen LogP contribution in [0.25, 0.3) is 0 Å². The van der Waals surface area contributed by atoms with Gasteiger partial charge in [-0.2, -0.15) is 4.37 Å². The predicted molar refractivity (Wildman–Crippen MR) is 149 cm³/mol. The van der Waals surface area contributed by atoms with Gasteiger partial charge in [-0.15, -0.1) is 0 Å². The molecule has 38 heavy (non-hydrogen) atoms. The molecule has 0 N–H and O–H groups in total. The normalized spacial score (nSPS) is 19.8. The van der Waals surface area contributed by atoms with E-state index in [-0.39, 0.29) is 21.9 Å². The van der Waals surface area contributed by atoms with Crippen LogP contribution in [0.3, 0.4) is 0 Å². The highest BCUT2D eigenvalue weighted by molar-refractivity contribution is 7.91. The van der Waals surface area contributed by atoms with Crippen LogP contribution in [0, 0.1) is 11.2 Å². The molecule has 5 rings (SSSR count). The zero-order valence-electron chi connectivity index (χ0n) is 21.3. The number of aromatic nitrogens is 2. The second-order valence-corrected chi connectivity index (χ2v) is 13.5. The molecule has 200 valence electrons. The number of allylic oxidation sites excluding steroid dienone is 3. The Hall–Kier alpha value is -2.55. The van der Waals surface area contributed by atoms with E-state index < -0.39 is 9.84 Å². The number of methoxy groups -OCH3 is 1. The van der Waals surface area contributed by atoms with Crippen molar-refractivity contribution in [1.82, 2.24) is 9.36 Å². The van der Waals surface area contributed by atoms with Gasteiger partial charge in [-0.05, 0) is 91.4 Å². The summed E-state index contributed by atoms with van der Waals surface area (Å²) in [7, 11) is -2.11. The maximum absolute atomic E-state index is 13.2. The molecular formula is C29H30ClFN2O3S2. The fourth-order valence-electron chi connectivity index (χ4n) is 5.50. The molecule has 5 nitrogen and oxygen atoms in total. The average molecular weight is 573 g/mol. The zero-order valence-corrected chi connectivity index (χ0v) is 23.6. The van der Waals surface area contributed by atoms with Gasteiger partial charge in [0.2, 0.25) is 0 Å². The van der Waals surface area contributed by atoms with Gasteiger partial charge in [0.1, 0.15) is 27.3 Å². The summed E-state index contributed by atoms with van der Waals surface area (Å²) in [5, 5.41) is 1.38. The SMILES string of the molecule is COc1ccc(Cl)cc1S(=O)(=O)CC1=CCCC2(CC=C(Cc3nc(Cc4ccc(F)cc4)ns3)C2)CC1. The van der Waals surface area contributed by atoms with Gasteiger partial charge in [0.05, 0.1) is 12.9 Å². The molecular weight excluding hydrogens is 543 g/mol. The molecule has 2 aromatic carbocycles. The summed E-state index contributed by atoms with van der Waals surface area (Å²) >= 11 is 7.52. The summed E-state index contributed by atoms with van der Waals surface area (Å²) in [5.74, 6) is 0.835. The Kier molecular flexibility index (Phi) is 8.03. The number of ether oxygens (including phenoxy) is 1. The number of sulfone groups is 1. The molecule has 1 aromatic heterocycles. The van der Waals surface area contributed by atoms with Crippen LogP contribution in [0.4, 0.5) is 4.39 Å². The molecule has 1 unspecified atom stereocenters. The van der Waals surface area contributed by atoms with Gasteiger partial charge in [-0.3, -0.25) is 0 Å². The second kappa shape index (κ2) is 11.3. The smallest absolute Gasteiger partial charge is 0.185 e. The van der Waals surface area contributed by atoms with Crippen LogP contribution in [0.15, 0.2) is 70.7 Å². The van der Waals surface area contributed by atoms with Crippen molar-refractivity contribution >= 4 is 33.0 Å². The molecule has 3 aromatic rings. The van der Waals surface area contributed by atoms with Gasteiger partial charge in [-0.1, -0.05) is 47.0 Å². The van der Waals surface area contributed by atoms with E-state index in [4.69, 9.17) is 21.3 Å². The van der Waals surface area contributed by atoms with E-state index in [1.54, 1.807) is 24.3 Å². The van der Waals surface area contributed by atoms with E-state index >= 15 is 0 Å².